The molecule has 2 nitrogen and oxygen atoms in total. The Kier molecular flexibility index (Phi) is 7.96. The fourth-order valence-corrected chi connectivity index (χ4v) is 6.63. The van der Waals surface area contributed by atoms with E-state index in [-0.39, 0.29) is 0 Å². The average Bonchev–Trinajstić information content (AvgIpc) is 3.17. The largest absolute Gasteiger partial charge is 0.310 e. The molecule has 0 saturated heterocycles. The van der Waals surface area contributed by atoms with Crippen LogP contribution in [-0.2, 0) is 0 Å². The minimum atomic E-state index is 1.12. The number of benzene rings is 8. The van der Waals surface area contributed by atoms with E-state index in [1.54, 1.807) is 0 Å². The molecule has 228 valence electrons. The topological polar surface area (TPSA) is 6.48 Å². The zero-order valence-electron chi connectivity index (χ0n) is 26.5. The Morgan fingerprint density at radius 1 is 0.229 bits per heavy atom. The minimum absolute atomic E-state index is 1.12. The Bertz CT molecular complexity index is 2040. The van der Waals surface area contributed by atoms with Gasteiger partial charge in [-0.1, -0.05) is 133 Å². The van der Waals surface area contributed by atoms with Crippen LogP contribution in [0.3, 0.4) is 0 Å². The molecule has 2 heteroatoms. The van der Waals surface area contributed by atoms with Crippen LogP contribution >= 0.6 is 0 Å². The molecule has 0 N–H and O–H groups in total. The smallest absolute Gasteiger partial charge is 0.0467 e. The Balaban J connectivity index is 1.22. The molecule has 0 radical (unpaired) electrons. The lowest BCUT2D eigenvalue weighted by Gasteiger charge is -2.26. The summed E-state index contributed by atoms with van der Waals surface area (Å²) in [7, 11) is 0. The maximum Gasteiger partial charge on any atom is 0.0467 e. The van der Waals surface area contributed by atoms with Gasteiger partial charge in [0.1, 0.15) is 0 Å². The van der Waals surface area contributed by atoms with Crippen LogP contribution in [0, 0.1) is 0 Å². The van der Waals surface area contributed by atoms with Gasteiger partial charge in [-0.2, -0.15) is 0 Å². The Morgan fingerprint density at radius 2 is 0.521 bits per heavy atom. The van der Waals surface area contributed by atoms with Gasteiger partial charge in [0.25, 0.3) is 0 Å². The number of para-hydroxylation sites is 4. The zero-order valence-corrected chi connectivity index (χ0v) is 26.5. The summed E-state index contributed by atoms with van der Waals surface area (Å²) in [4.78, 5) is 4.63. The second-order valence-corrected chi connectivity index (χ2v) is 11.8. The third-order valence-corrected chi connectivity index (χ3v) is 8.81. The summed E-state index contributed by atoms with van der Waals surface area (Å²) in [6.45, 7) is 0. The first-order valence-corrected chi connectivity index (χ1v) is 16.4. The van der Waals surface area contributed by atoms with Gasteiger partial charge >= 0.3 is 0 Å². The monoisotopic (exact) mass is 614 g/mol. The molecule has 8 aromatic carbocycles. The van der Waals surface area contributed by atoms with E-state index < -0.39 is 0 Å². The van der Waals surface area contributed by atoms with Gasteiger partial charge in [-0.15, -0.1) is 0 Å². The number of hydrogen-bond acceptors (Lipinski definition) is 2. The first kappa shape index (κ1) is 29.1. The van der Waals surface area contributed by atoms with Crippen LogP contribution < -0.4 is 9.80 Å². The number of fused-ring (bicyclic) bond motifs is 1. The number of rotatable bonds is 8. The lowest BCUT2D eigenvalue weighted by Crippen LogP contribution is -2.09. The molecular weight excluding hydrogens is 581 g/mol. The van der Waals surface area contributed by atoms with Crippen molar-refractivity contribution in [1.82, 2.24) is 0 Å². The molecule has 0 amide bonds. The molecule has 0 saturated carbocycles. The van der Waals surface area contributed by atoms with E-state index in [1.807, 2.05) is 0 Å². The Hall–Kier alpha value is -6.38. The fraction of sp³-hybridized carbons (Fsp3) is 0. The van der Waals surface area contributed by atoms with Crippen molar-refractivity contribution in [1.29, 1.82) is 0 Å². The molecule has 0 aliphatic heterocycles. The van der Waals surface area contributed by atoms with E-state index in [0.29, 0.717) is 0 Å². The molecule has 8 rings (SSSR count). The molecule has 48 heavy (non-hydrogen) atoms. The van der Waals surface area contributed by atoms with Crippen molar-refractivity contribution in [3.05, 3.63) is 206 Å². The van der Waals surface area contributed by atoms with E-state index in [2.05, 4.69) is 216 Å². The van der Waals surface area contributed by atoms with E-state index in [9.17, 15) is 0 Å². The zero-order chi connectivity index (χ0) is 32.1. The highest BCUT2D eigenvalue weighted by Gasteiger charge is 2.16. The molecule has 0 heterocycles. The highest BCUT2D eigenvalue weighted by molar-refractivity contribution is 6.05. The van der Waals surface area contributed by atoms with Crippen LogP contribution in [0.1, 0.15) is 0 Å². The molecule has 0 spiro atoms. The van der Waals surface area contributed by atoms with Crippen molar-refractivity contribution in [3.63, 3.8) is 0 Å². The molecule has 0 aromatic heterocycles. The average molecular weight is 615 g/mol. The standard InChI is InChI=1S/C46H34N2/c1-5-19-37(20-6-1)47(38-21-7-2-8-22-38)41-27-15-17-35(33-41)43-31-32-44(46-30-14-13-29-45(43)46)36-18-16-28-42(34-36)48(39-23-9-3-10-24-39)40-25-11-4-12-26-40/h1-34H. The summed E-state index contributed by atoms with van der Waals surface area (Å²) < 4.78 is 0. The van der Waals surface area contributed by atoms with Gasteiger partial charge in [0, 0.05) is 34.1 Å². The highest BCUT2D eigenvalue weighted by atomic mass is 15.1. The van der Waals surface area contributed by atoms with Crippen LogP contribution in [0.4, 0.5) is 34.1 Å². The van der Waals surface area contributed by atoms with Crippen LogP contribution in [0.25, 0.3) is 33.0 Å². The summed E-state index contributed by atoms with van der Waals surface area (Å²) in [5.41, 5.74) is 11.5. The van der Waals surface area contributed by atoms with Gasteiger partial charge in [-0.05, 0) is 106 Å². The summed E-state index contributed by atoms with van der Waals surface area (Å²) in [6, 6.07) is 73.4. The molecule has 0 aliphatic carbocycles. The summed E-state index contributed by atoms with van der Waals surface area (Å²) >= 11 is 0. The van der Waals surface area contributed by atoms with Crippen molar-refractivity contribution in [2.24, 2.45) is 0 Å². The van der Waals surface area contributed by atoms with Crippen molar-refractivity contribution < 1.29 is 0 Å². The van der Waals surface area contributed by atoms with Crippen LogP contribution in [-0.4, -0.2) is 0 Å². The maximum atomic E-state index is 2.32. The molecule has 0 atom stereocenters. The third-order valence-electron chi connectivity index (χ3n) is 8.81. The quantitative estimate of drug-likeness (QED) is 0.168. The molecule has 0 fully saturated rings. The predicted octanol–water partition coefficient (Wildman–Crippen LogP) is 13.1. The summed E-state index contributed by atoms with van der Waals surface area (Å²) in [5, 5.41) is 2.46. The van der Waals surface area contributed by atoms with Crippen molar-refractivity contribution in [2.45, 2.75) is 0 Å². The van der Waals surface area contributed by atoms with Crippen molar-refractivity contribution >= 4 is 44.9 Å². The second kappa shape index (κ2) is 13.2. The maximum absolute atomic E-state index is 2.32. The third kappa shape index (κ3) is 5.72. The van der Waals surface area contributed by atoms with E-state index in [1.165, 1.54) is 33.0 Å². The highest BCUT2D eigenvalue weighted by Crippen LogP contribution is 2.41. The Morgan fingerprint density at radius 3 is 0.854 bits per heavy atom. The van der Waals surface area contributed by atoms with Crippen LogP contribution in [0.5, 0.6) is 0 Å². The Labute approximate surface area is 282 Å². The second-order valence-electron chi connectivity index (χ2n) is 11.8. The normalized spacial score (nSPS) is 10.9. The van der Waals surface area contributed by atoms with Gasteiger partial charge in [-0.3, -0.25) is 0 Å². The summed E-state index contributed by atoms with van der Waals surface area (Å²) in [6.07, 6.45) is 0. The minimum Gasteiger partial charge on any atom is -0.310 e. The van der Waals surface area contributed by atoms with E-state index in [0.717, 1.165) is 34.1 Å². The van der Waals surface area contributed by atoms with Crippen LogP contribution in [0.2, 0.25) is 0 Å². The molecule has 8 aromatic rings. The van der Waals surface area contributed by atoms with Crippen molar-refractivity contribution in [3.8, 4) is 22.3 Å². The number of anilines is 6. The van der Waals surface area contributed by atoms with Gasteiger partial charge in [-0.25, -0.2) is 0 Å². The lowest BCUT2D eigenvalue weighted by molar-refractivity contribution is 1.28. The lowest BCUT2D eigenvalue weighted by atomic mass is 9.91. The molecule has 0 bridgehead atoms. The SMILES string of the molecule is c1ccc(N(c2ccccc2)c2cccc(-c3ccc(-c4cccc(N(c5ccccc5)c5ccccc5)c4)c4ccccc34)c2)cc1. The van der Waals surface area contributed by atoms with Gasteiger partial charge in [0.15, 0.2) is 0 Å². The fourth-order valence-electron chi connectivity index (χ4n) is 6.63. The van der Waals surface area contributed by atoms with Crippen LogP contribution in [0.15, 0.2) is 206 Å². The number of nitrogens with zero attached hydrogens (tertiary/aromatic N) is 2. The van der Waals surface area contributed by atoms with Gasteiger partial charge in [0.2, 0.25) is 0 Å². The first-order chi connectivity index (χ1) is 23.8. The first-order valence-electron chi connectivity index (χ1n) is 16.4. The van der Waals surface area contributed by atoms with Crippen molar-refractivity contribution in [2.75, 3.05) is 9.80 Å². The van der Waals surface area contributed by atoms with Gasteiger partial charge < -0.3 is 9.80 Å². The molecule has 0 aliphatic rings. The molecule has 0 unspecified atom stereocenters. The predicted molar refractivity (Wildman–Crippen MR) is 204 cm³/mol. The van der Waals surface area contributed by atoms with Gasteiger partial charge in [0.05, 0.1) is 0 Å². The number of hydrogen-bond donors (Lipinski definition) is 0. The molecular formula is C46H34N2. The van der Waals surface area contributed by atoms with E-state index in [4.69, 9.17) is 0 Å². The summed E-state index contributed by atoms with van der Waals surface area (Å²) in [5.74, 6) is 0. The van der Waals surface area contributed by atoms with E-state index >= 15 is 0 Å².